The number of non-ortho nitro benzene ring substituents is 1. The van der Waals surface area contributed by atoms with Crippen LogP contribution in [-0.2, 0) is 4.74 Å². The van der Waals surface area contributed by atoms with E-state index in [1.165, 1.54) is 0 Å². The van der Waals surface area contributed by atoms with E-state index in [0.29, 0.717) is 12.1 Å². The van der Waals surface area contributed by atoms with Crippen molar-refractivity contribution in [1.82, 2.24) is 5.32 Å². The molecule has 1 aromatic carbocycles. The molecule has 1 heterocycles. The molecule has 1 saturated heterocycles. The van der Waals surface area contributed by atoms with Crippen LogP contribution in [0.15, 0.2) is 18.2 Å². The summed E-state index contributed by atoms with van der Waals surface area (Å²) >= 11 is 0. The zero-order chi connectivity index (χ0) is 14.2. The highest BCUT2D eigenvalue weighted by Crippen LogP contribution is 2.36. The summed E-state index contributed by atoms with van der Waals surface area (Å²) in [6.45, 7) is -1.22. The Hall–Kier alpha value is -2.32. The number of hydrogen-bond donors (Lipinski definition) is 1. The summed E-state index contributed by atoms with van der Waals surface area (Å²) in [5.41, 5.74) is -1.20. The SMILES string of the molecule is O=C1N[C@@H](c2cc([N+](=O)[O-])ccc2F)C(F)(F)CO1. The number of amides is 1. The van der Waals surface area contributed by atoms with Gasteiger partial charge in [-0.05, 0) is 6.07 Å². The Morgan fingerprint density at radius 3 is 2.79 bits per heavy atom. The molecule has 0 aromatic heterocycles. The number of halogens is 3. The molecule has 0 radical (unpaired) electrons. The van der Waals surface area contributed by atoms with Gasteiger partial charge in [0.05, 0.1) is 4.92 Å². The van der Waals surface area contributed by atoms with Crippen molar-refractivity contribution in [1.29, 1.82) is 0 Å². The highest BCUT2D eigenvalue weighted by molar-refractivity contribution is 5.69. The second-order valence-corrected chi connectivity index (χ2v) is 3.88. The number of nitrogens with zero attached hydrogens (tertiary/aromatic N) is 1. The second-order valence-electron chi connectivity index (χ2n) is 3.88. The van der Waals surface area contributed by atoms with Crippen molar-refractivity contribution in [2.45, 2.75) is 12.0 Å². The molecule has 102 valence electrons. The van der Waals surface area contributed by atoms with Gasteiger partial charge >= 0.3 is 12.0 Å². The van der Waals surface area contributed by atoms with Crippen LogP contribution < -0.4 is 5.32 Å². The summed E-state index contributed by atoms with van der Waals surface area (Å²) in [5, 5.41) is 12.3. The Labute approximate surface area is 104 Å². The number of carbonyl (C=O) groups is 1. The lowest BCUT2D eigenvalue weighted by molar-refractivity contribution is -0.385. The minimum absolute atomic E-state index is 0.548. The number of nitro benzene ring substituents is 1. The summed E-state index contributed by atoms with van der Waals surface area (Å²) in [4.78, 5) is 20.7. The fourth-order valence-corrected chi connectivity index (χ4v) is 1.68. The summed E-state index contributed by atoms with van der Waals surface area (Å²) < 4.78 is 44.8. The maximum Gasteiger partial charge on any atom is 0.408 e. The van der Waals surface area contributed by atoms with Crippen LogP contribution in [0.5, 0.6) is 0 Å². The largest absolute Gasteiger partial charge is 0.443 e. The lowest BCUT2D eigenvalue weighted by Crippen LogP contribution is -2.49. The molecule has 0 bridgehead atoms. The van der Waals surface area contributed by atoms with Crippen molar-refractivity contribution in [3.63, 3.8) is 0 Å². The van der Waals surface area contributed by atoms with Crippen molar-refractivity contribution in [3.8, 4) is 0 Å². The van der Waals surface area contributed by atoms with Gasteiger partial charge in [0, 0.05) is 17.7 Å². The van der Waals surface area contributed by atoms with Gasteiger partial charge in [0.1, 0.15) is 11.9 Å². The van der Waals surface area contributed by atoms with Gasteiger partial charge in [0.2, 0.25) is 0 Å². The topological polar surface area (TPSA) is 81.5 Å². The van der Waals surface area contributed by atoms with Gasteiger partial charge in [-0.1, -0.05) is 0 Å². The van der Waals surface area contributed by atoms with Crippen molar-refractivity contribution in [2.75, 3.05) is 6.61 Å². The molecule has 1 aliphatic rings. The predicted octanol–water partition coefficient (Wildman–Crippen LogP) is 2.15. The number of rotatable bonds is 2. The number of cyclic esters (lactones) is 1. The quantitative estimate of drug-likeness (QED) is 0.662. The molecular weight excluding hydrogens is 269 g/mol. The Morgan fingerprint density at radius 2 is 2.16 bits per heavy atom. The predicted molar refractivity (Wildman–Crippen MR) is 55.2 cm³/mol. The molecule has 1 aliphatic heterocycles. The van der Waals surface area contributed by atoms with Crippen LogP contribution in [0.25, 0.3) is 0 Å². The van der Waals surface area contributed by atoms with E-state index in [1.54, 1.807) is 5.32 Å². The van der Waals surface area contributed by atoms with Gasteiger partial charge in [-0.15, -0.1) is 0 Å². The molecule has 9 heteroatoms. The third-order valence-corrected chi connectivity index (χ3v) is 2.58. The molecule has 1 aromatic rings. The molecule has 0 aliphatic carbocycles. The van der Waals surface area contributed by atoms with Crippen LogP contribution >= 0.6 is 0 Å². The van der Waals surface area contributed by atoms with E-state index in [4.69, 9.17) is 0 Å². The van der Waals surface area contributed by atoms with E-state index in [2.05, 4.69) is 4.74 Å². The number of benzene rings is 1. The number of hydrogen-bond acceptors (Lipinski definition) is 4. The average molecular weight is 276 g/mol. The smallest absolute Gasteiger partial charge is 0.408 e. The van der Waals surface area contributed by atoms with Crippen molar-refractivity contribution < 1.29 is 27.6 Å². The first kappa shape index (κ1) is 13.1. The maximum absolute atomic E-state index is 13.6. The van der Waals surface area contributed by atoms with E-state index < -0.39 is 46.7 Å². The van der Waals surface area contributed by atoms with Gasteiger partial charge in [-0.3, -0.25) is 10.1 Å². The molecular formula is C10H7F3N2O4. The molecule has 0 unspecified atom stereocenters. The first-order valence-corrected chi connectivity index (χ1v) is 5.06. The average Bonchev–Trinajstić information content (AvgIpc) is 2.33. The summed E-state index contributed by atoms with van der Waals surface area (Å²) in [5.74, 6) is -4.64. The van der Waals surface area contributed by atoms with Gasteiger partial charge in [0.15, 0.2) is 6.61 Å². The van der Waals surface area contributed by atoms with Crippen molar-refractivity contribution in [2.24, 2.45) is 0 Å². The highest BCUT2D eigenvalue weighted by Gasteiger charge is 2.48. The van der Waals surface area contributed by atoms with Crippen molar-refractivity contribution in [3.05, 3.63) is 39.7 Å². The second kappa shape index (κ2) is 4.41. The van der Waals surface area contributed by atoms with Crippen LogP contribution in [0.4, 0.5) is 23.7 Å². The number of alkyl halides is 2. The molecule has 1 atom stereocenters. The van der Waals surface area contributed by atoms with E-state index in [-0.39, 0.29) is 0 Å². The normalized spacial score (nSPS) is 21.4. The number of nitro groups is 1. The number of ether oxygens (including phenoxy) is 1. The lowest BCUT2D eigenvalue weighted by Gasteiger charge is -2.31. The molecule has 19 heavy (non-hydrogen) atoms. The van der Waals surface area contributed by atoms with Crippen LogP contribution in [0.2, 0.25) is 0 Å². The minimum Gasteiger partial charge on any atom is -0.443 e. The third kappa shape index (κ3) is 2.44. The summed E-state index contributed by atoms with van der Waals surface area (Å²) in [6.07, 6.45) is -1.14. The van der Waals surface area contributed by atoms with Gasteiger partial charge in [0.25, 0.3) is 5.69 Å². The van der Waals surface area contributed by atoms with Gasteiger partial charge in [-0.25, -0.2) is 18.0 Å². The highest BCUT2D eigenvalue weighted by atomic mass is 19.3. The van der Waals surface area contributed by atoms with Gasteiger partial charge in [-0.2, -0.15) is 0 Å². The Bertz CT molecular complexity index is 550. The Balaban J connectivity index is 2.46. The first-order chi connectivity index (χ1) is 8.81. The summed E-state index contributed by atoms with van der Waals surface area (Å²) in [7, 11) is 0. The molecule has 1 amide bonds. The lowest BCUT2D eigenvalue weighted by atomic mass is 9.99. The zero-order valence-corrected chi connectivity index (χ0v) is 9.23. The first-order valence-electron chi connectivity index (χ1n) is 5.06. The molecule has 1 N–H and O–H groups in total. The molecule has 6 nitrogen and oxygen atoms in total. The molecule has 0 spiro atoms. The number of alkyl carbamates (subject to hydrolysis) is 1. The summed E-state index contributed by atoms with van der Waals surface area (Å²) in [6, 6.07) is 0.205. The van der Waals surface area contributed by atoms with Crippen LogP contribution in [0.1, 0.15) is 11.6 Å². The Kier molecular flexibility index (Phi) is 3.05. The van der Waals surface area contributed by atoms with Crippen LogP contribution in [0, 0.1) is 15.9 Å². The van der Waals surface area contributed by atoms with E-state index in [9.17, 15) is 28.1 Å². The van der Waals surface area contributed by atoms with E-state index in [1.807, 2.05) is 0 Å². The molecule has 1 fully saturated rings. The van der Waals surface area contributed by atoms with Crippen molar-refractivity contribution >= 4 is 11.8 Å². The van der Waals surface area contributed by atoms with E-state index in [0.717, 1.165) is 6.07 Å². The Morgan fingerprint density at radius 1 is 1.47 bits per heavy atom. The van der Waals surface area contributed by atoms with Crippen LogP contribution in [-0.4, -0.2) is 23.5 Å². The molecule has 0 saturated carbocycles. The minimum atomic E-state index is -3.57. The van der Waals surface area contributed by atoms with E-state index >= 15 is 0 Å². The van der Waals surface area contributed by atoms with Crippen LogP contribution in [0.3, 0.4) is 0 Å². The number of carbonyl (C=O) groups excluding carboxylic acids is 1. The standard InChI is InChI=1S/C10H7F3N2O4/c11-7-2-1-5(15(17)18)3-6(7)8-10(12,13)4-19-9(16)14-8/h1-3,8H,4H2,(H,14,16)/t8-/m0/s1. The third-order valence-electron chi connectivity index (χ3n) is 2.58. The molecule has 2 rings (SSSR count). The fraction of sp³-hybridized carbons (Fsp3) is 0.300. The van der Waals surface area contributed by atoms with Gasteiger partial charge < -0.3 is 10.1 Å². The fourth-order valence-electron chi connectivity index (χ4n) is 1.68. The monoisotopic (exact) mass is 276 g/mol. The maximum atomic E-state index is 13.6. The number of nitrogens with one attached hydrogen (secondary N) is 1. The zero-order valence-electron chi connectivity index (χ0n) is 9.23.